The van der Waals surface area contributed by atoms with Gasteiger partial charge in [0.15, 0.2) is 0 Å². The third kappa shape index (κ3) is 3.65. The zero-order chi connectivity index (χ0) is 29.4. The van der Waals surface area contributed by atoms with E-state index >= 15 is 0 Å². The molecule has 0 atom stereocenters. The molecule has 12 nitrogen and oxygen atoms in total. The van der Waals surface area contributed by atoms with Gasteiger partial charge in [-0.25, -0.2) is 0 Å². The summed E-state index contributed by atoms with van der Waals surface area (Å²) >= 11 is 0. The first-order valence-corrected chi connectivity index (χ1v) is 12.6. The van der Waals surface area contributed by atoms with Crippen LogP contribution in [-0.2, 0) is 65.4 Å². The maximum Gasteiger partial charge on any atom is 0.262 e. The van der Waals surface area contributed by atoms with Gasteiger partial charge in [0.2, 0.25) is 0 Å². The predicted molar refractivity (Wildman–Crippen MR) is 142 cm³/mol. The summed E-state index contributed by atoms with van der Waals surface area (Å²) in [5.74, 6) is -5.98. The fourth-order valence-corrected chi connectivity index (χ4v) is 6.25. The molecule has 8 rings (SSSR count). The standard InChI is InChI=1S/C30H14N4O8.2Y/c1-32-25(37)13-6-8-17-22-18(9-7-14(20(13)22)26(32)38)30(42)34(29(17)41)10-33-27(39)15-4-2-11-19-12(24(36)31-23(11)35)3-5-16(21(15)19)28(33)40;;/h2-9H,10H2,1H3,(H,31,35,36);;/p-1. The van der Waals surface area contributed by atoms with Crippen LogP contribution in [0.3, 0.4) is 0 Å². The molecule has 0 saturated heterocycles. The quantitative estimate of drug-likeness (QED) is 0.284. The van der Waals surface area contributed by atoms with Gasteiger partial charge < -0.3 is 14.9 Å². The largest absolute Gasteiger partial charge is 0.587 e. The third-order valence-electron chi connectivity index (χ3n) is 8.24. The number of imide groups is 4. The predicted octanol–water partition coefficient (Wildman–Crippen LogP) is 2.73. The molecule has 0 unspecified atom stereocenters. The average molecular weight is 735 g/mol. The minimum absolute atomic E-state index is 0. The smallest absolute Gasteiger partial charge is 0.262 e. The molecule has 0 saturated carbocycles. The van der Waals surface area contributed by atoms with Gasteiger partial charge in [-0.3, -0.25) is 43.5 Å². The van der Waals surface area contributed by atoms with Crippen molar-refractivity contribution in [2.24, 2.45) is 0 Å². The van der Waals surface area contributed by atoms with Crippen molar-refractivity contribution in [3.05, 3.63) is 98.4 Å². The Bertz CT molecular complexity index is 2050. The van der Waals surface area contributed by atoms with E-state index in [4.69, 9.17) is 0 Å². The van der Waals surface area contributed by atoms with Gasteiger partial charge in [-0.2, -0.15) is 0 Å². The molecule has 0 N–H and O–H groups in total. The van der Waals surface area contributed by atoms with Gasteiger partial charge in [0.1, 0.15) is 6.67 Å². The van der Waals surface area contributed by atoms with Crippen molar-refractivity contribution in [3.63, 3.8) is 0 Å². The maximum absolute atomic E-state index is 13.7. The molecule has 0 aromatic heterocycles. The molecular formula is C30H13N4O8Y2-. The number of hydrogen-bond donors (Lipinski definition) is 0. The van der Waals surface area contributed by atoms with Crippen LogP contribution in [0.1, 0.15) is 82.9 Å². The molecule has 14 heteroatoms. The van der Waals surface area contributed by atoms with Gasteiger partial charge in [-0.1, -0.05) is 12.1 Å². The Morgan fingerprint density at radius 3 is 1.00 bits per heavy atom. The summed E-state index contributed by atoms with van der Waals surface area (Å²) in [6, 6.07) is 11.0. The van der Waals surface area contributed by atoms with E-state index in [0.29, 0.717) is 0 Å². The summed E-state index contributed by atoms with van der Waals surface area (Å²) in [4.78, 5) is 107. The number of carbonyl (C=O) groups excluding carboxylic acids is 8. The van der Waals surface area contributed by atoms with Gasteiger partial charge in [0.05, 0.1) is 11.8 Å². The van der Waals surface area contributed by atoms with Crippen molar-refractivity contribution < 1.29 is 104 Å². The molecule has 44 heavy (non-hydrogen) atoms. The Kier molecular flexibility index (Phi) is 6.93. The van der Waals surface area contributed by atoms with Gasteiger partial charge in [-0.15, -0.1) is 0 Å². The molecule has 0 fully saturated rings. The van der Waals surface area contributed by atoms with Crippen LogP contribution in [0, 0.1) is 0 Å². The molecule has 4 aromatic rings. The second kappa shape index (κ2) is 10.1. The van der Waals surface area contributed by atoms with Crippen molar-refractivity contribution in [2.45, 2.75) is 0 Å². The fraction of sp³-hybridized carbons (Fsp3) is 0.0667. The first-order chi connectivity index (χ1) is 20.1. The molecular weight excluding hydrogens is 722 g/mol. The molecule has 208 valence electrons. The van der Waals surface area contributed by atoms with Gasteiger partial charge >= 0.3 is 0 Å². The van der Waals surface area contributed by atoms with Crippen LogP contribution >= 0.6 is 0 Å². The number of carbonyl (C=O) groups is 8. The van der Waals surface area contributed by atoms with E-state index in [9.17, 15) is 38.4 Å². The molecule has 4 aliphatic heterocycles. The summed E-state index contributed by atoms with van der Waals surface area (Å²) < 4.78 is 0. The van der Waals surface area contributed by atoms with Crippen LogP contribution in [-0.4, -0.2) is 75.7 Å². The number of nitrogens with zero attached hydrogens (tertiary/aromatic N) is 4. The Hall–Kier alpha value is -3.83. The number of amides is 8. The van der Waals surface area contributed by atoms with Gasteiger partial charge in [-0.05, 0) is 36.4 Å². The Morgan fingerprint density at radius 2 is 0.682 bits per heavy atom. The van der Waals surface area contributed by atoms with Crippen LogP contribution in [0.2, 0.25) is 0 Å². The second-order valence-electron chi connectivity index (χ2n) is 10.3. The Morgan fingerprint density at radius 1 is 0.432 bits per heavy atom. The molecule has 2 radical (unpaired) electrons. The number of hydrogen-bond acceptors (Lipinski definition) is 8. The van der Waals surface area contributed by atoms with Crippen LogP contribution in [0.25, 0.3) is 26.9 Å². The summed E-state index contributed by atoms with van der Waals surface area (Å²) in [6.45, 7) is -0.724. The van der Waals surface area contributed by atoms with Crippen LogP contribution in [0.4, 0.5) is 0 Å². The SMILES string of the molecule is CN1C(=O)c2ccc3c4c(ccc(c24)C1=O)C(=O)N(CN1C(=O)c2ccc4c5c(ccc(c25)C1=O)C(=O)[N-]C4=O)C3=O.[Y].[Y]. The van der Waals surface area contributed by atoms with E-state index in [0.717, 1.165) is 14.7 Å². The van der Waals surface area contributed by atoms with Crippen LogP contribution in [0.5, 0.6) is 0 Å². The number of benzene rings is 4. The summed E-state index contributed by atoms with van der Waals surface area (Å²) in [5.41, 5.74) is 0.614. The van der Waals surface area contributed by atoms with E-state index in [1.807, 2.05) is 0 Å². The third-order valence-corrected chi connectivity index (χ3v) is 8.24. The van der Waals surface area contributed by atoms with Crippen molar-refractivity contribution in [1.82, 2.24) is 14.7 Å². The molecule has 0 bridgehead atoms. The monoisotopic (exact) mass is 735 g/mol. The molecule has 4 heterocycles. The topological polar surface area (TPSA) is 160 Å². The van der Waals surface area contributed by atoms with E-state index in [2.05, 4.69) is 5.32 Å². The minimum Gasteiger partial charge on any atom is -0.587 e. The van der Waals surface area contributed by atoms with Gasteiger partial charge in [0.25, 0.3) is 35.4 Å². The molecule has 8 amide bonds. The van der Waals surface area contributed by atoms with Crippen molar-refractivity contribution in [2.75, 3.05) is 13.7 Å². The first-order valence-electron chi connectivity index (χ1n) is 12.6. The van der Waals surface area contributed by atoms with E-state index in [1.165, 1.54) is 55.6 Å². The minimum atomic E-state index is -0.825. The Labute approximate surface area is 296 Å². The molecule has 4 aromatic carbocycles. The van der Waals surface area contributed by atoms with E-state index in [1.54, 1.807) is 0 Å². The molecule has 0 spiro atoms. The van der Waals surface area contributed by atoms with Crippen molar-refractivity contribution in [3.8, 4) is 0 Å². The average Bonchev–Trinajstić information content (AvgIpc) is 2.98. The second-order valence-corrected chi connectivity index (χ2v) is 10.3. The number of rotatable bonds is 2. The fourth-order valence-electron chi connectivity index (χ4n) is 6.25. The summed E-state index contributed by atoms with van der Waals surface area (Å²) in [6.07, 6.45) is 0. The first kappa shape index (κ1) is 30.2. The summed E-state index contributed by atoms with van der Waals surface area (Å²) in [7, 11) is 1.34. The zero-order valence-electron chi connectivity index (χ0n) is 22.5. The zero-order valence-corrected chi connectivity index (χ0v) is 28.2. The van der Waals surface area contributed by atoms with Crippen LogP contribution in [0.15, 0.2) is 48.5 Å². The van der Waals surface area contributed by atoms with Crippen LogP contribution < -0.4 is 0 Å². The van der Waals surface area contributed by atoms with E-state index < -0.39 is 53.9 Å². The van der Waals surface area contributed by atoms with Crippen molar-refractivity contribution in [1.29, 1.82) is 0 Å². The maximum atomic E-state index is 13.7. The molecule has 0 aliphatic carbocycles. The molecule has 4 aliphatic rings. The normalized spacial score (nSPS) is 16.4. The van der Waals surface area contributed by atoms with Crippen molar-refractivity contribution >= 4 is 68.8 Å². The van der Waals surface area contributed by atoms with E-state index in [-0.39, 0.29) is 131 Å². The Balaban J connectivity index is 0.00000171. The van der Waals surface area contributed by atoms with Gasteiger partial charge in [0, 0.05) is 139 Å². The summed E-state index contributed by atoms with van der Waals surface area (Å²) in [5, 5.41) is 4.14.